The number of hydrogen-bond acceptors (Lipinski definition) is 4. The highest BCUT2D eigenvalue weighted by Gasteiger charge is 2.16. The van der Waals surface area contributed by atoms with Gasteiger partial charge in [0.05, 0.1) is 0 Å². The Morgan fingerprint density at radius 2 is 1.88 bits per heavy atom. The second kappa shape index (κ2) is 6.88. The van der Waals surface area contributed by atoms with E-state index in [1.54, 1.807) is 18.8 Å². The zero-order chi connectivity index (χ0) is 12.0. The quantitative estimate of drug-likeness (QED) is 0.550. The standard InChI is InChI=1S/C9H14N4S.CH4S/c1-11-4-6-12(7-5-11)9(14)13-3-2-10-8-13;1-2/h2-3,8H,4-7H2,1H3;2H,1H3. The van der Waals surface area contributed by atoms with Gasteiger partial charge in [-0.15, -0.1) is 0 Å². The van der Waals surface area contributed by atoms with Crippen molar-refractivity contribution < 1.29 is 0 Å². The van der Waals surface area contributed by atoms with Crippen LogP contribution in [-0.4, -0.2) is 63.9 Å². The van der Waals surface area contributed by atoms with Gasteiger partial charge in [-0.3, -0.25) is 4.57 Å². The highest BCUT2D eigenvalue weighted by atomic mass is 32.1. The van der Waals surface area contributed by atoms with Crippen molar-refractivity contribution in [2.24, 2.45) is 0 Å². The summed E-state index contributed by atoms with van der Waals surface area (Å²) in [6.45, 7) is 4.17. The Morgan fingerprint density at radius 3 is 2.38 bits per heavy atom. The molecule has 90 valence electrons. The van der Waals surface area contributed by atoms with Crippen LogP contribution >= 0.6 is 24.8 Å². The SMILES string of the molecule is CN1CCN(C(=S)n2ccnc2)CC1.CS. The summed E-state index contributed by atoms with van der Waals surface area (Å²) in [5.74, 6) is 0. The van der Waals surface area contributed by atoms with Crippen molar-refractivity contribution in [2.45, 2.75) is 0 Å². The first-order valence-corrected chi connectivity index (χ1v) is 6.48. The number of nitrogens with zero attached hydrogens (tertiary/aromatic N) is 4. The molecule has 0 aromatic carbocycles. The van der Waals surface area contributed by atoms with E-state index in [9.17, 15) is 0 Å². The monoisotopic (exact) mass is 258 g/mol. The minimum absolute atomic E-state index is 0.857. The number of thiocarbonyl (C=S) groups is 1. The third-order valence-corrected chi connectivity index (χ3v) is 2.97. The van der Waals surface area contributed by atoms with Gasteiger partial charge in [0.25, 0.3) is 0 Å². The normalized spacial score (nSPS) is 16.6. The summed E-state index contributed by atoms with van der Waals surface area (Å²) in [7, 11) is 2.14. The van der Waals surface area contributed by atoms with Crippen molar-refractivity contribution in [1.82, 2.24) is 19.4 Å². The molecule has 1 fully saturated rings. The van der Waals surface area contributed by atoms with E-state index in [4.69, 9.17) is 12.2 Å². The fraction of sp³-hybridized carbons (Fsp3) is 0.600. The molecule has 1 saturated heterocycles. The summed E-state index contributed by atoms with van der Waals surface area (Å²) >= 11 is 8.89. The summed E-state index contributed by atoms with van der Waals surface area (Å²) in [5.41, 5.74) is 0. The van der Waals surface area contributed by atoms with Gasteiger partial charge in [-0.05, 0) is 25.5 Å². The zero-order valence-corrected chi connectivity index (χ0v) is 11.4. The van der Waals surface area contributed by atoms with Gasteiger partial charge < -0.3 is 9.80 Å². The molecule has 0 aliphatic carbocycles. The van der Waals surface area contributed by atoms with Gasteiger partial charge in [0, 0.05) is 38.6 Å². The number of thiol groups is 1. The van der Waals surface area contributed by atoms with Crippen molar-refractivity contribution in [2.75, 3.05) is 39.5 Å². The highest BCUT2D eigenvalue weighted by molar-refractivity contribution is 7.80. The highest BCUT2D eigenvalue weighted by Crippen LogP contribution is 2.02. The Kier molecular flexibility index (Phi) is 5.79. The summed E-state index contributed by atoms with van der Waals surface area (Å²) in [6, 6.07) is 0. The lowest BCUT2D eigenvalue weighted by Gasteiger charge is -2.33. The molecule has 0 unspecified atom stereocenters. The zero-order valence-electron chi connectivity index (χ0n) is 9.70. The van der Waals surface area contributed by atoms with Crippen molar-refractivity contribution in [3.63, 3.8) is 0 Å². The average molecular weight is 258 g/mol. The molecule has 2 heterocycles. The maximum atomic E-state index is 5.36. The number of rotatable bonds is 0. The number of imidazole rings is 1. The van der Waals surface area contributed by atoms with Gasteiger partial charge in [-0.2, -0.15) is 12.6 Å². The van der Waals surface area contributed by atoms with Gasteiger partial charge in [0.2, 0.25) is 0 Å². The first-order valence-electron chi connectivity index (χ1n) is 5.18. The van der Waals surface area contributed by atoms with E-state index in [0.717, 1.165) is 31.3 Å². The fourth-order valence-electron chi connectivity index (χ4n) is 1.53. The summed E-state index contributed by atoms with van der Waals surface area (Å²) in [6.07, 6.45) is 7.09. The van der Waals surface area contributed by atoms with Gasteiger partial charge in [-0.1, -0.05) is 0 Å². The Morgan fingerprint density at radius 1 is 1.25 bits per heavy atom. The van der Waals surface area contributed by atoms with E-state index in [2.05, 4.69) is 34.5 Å². The summed E-state index contributed by atoms with van der Waals surface area (Å²) in [4.78, 5) is 8.52. The van der Waals surface area contributed by atoms with Gasteiger partial charge >= 0.3 is 0 Å². The molecule has 0 atom stereocenters. The molecule has 1 aromatic rings. The minimum Gasteiger partial charge on any atom is -0.346 e. The second-order valence-electron chi connectivity index (χ2n) is 3.54. The Hall–Kier alpha value is -0.590. The van der Waals surface area contributed by atoms with Crippen LogP contribution in [0.4, 0.5) is 0 Å². The predicted molar refractivity (Wildman–Crippen MR) is 74.2 cm³/mol. The van der Waals surface area contributed by atoms with Crippen molar-refractivity contribution in [3.05, 3.63) is 18.7 Å². The molecule has 0 amide bonds. The summed E-state index contributed by atoms with van der Waals surface area (Å²) in [5, 5.41) is 0.857. The maximum Gasteiger partial charge on any atom is 0.181 e. The van der Waals surface area contributed by atoms with E-state index in [-0.39, 0.29) is 0 Å². The number of hydrogen-bond donors (Lipinski definition) is 1. The Labute approximate surface area is 108 Å². The van der Waals surface area contributed by atoms with E-state index < -0.39 is 0 Å². The lowest BCUT2D eigenvalue weighted by molar-refractivity contribution is 0.214. The van der Waals surface area contributed by atoms with Crippen LogP contribution in [0.5, 0.6) is 0 Å². The van der Waals surface area contributed by atoms with Crippen LogP contribution in [0, 0.1) is 0 Å². The maximum absolute atomic E-state index is 5.36. The van der Waals surface area contributed by atoms with Gasteiger partial charge in [0.1, 0.15) is 6.33 Å². The van der Waals surface area contributed by atoms with Crippen molar-refractivity contribution >= 4 is 30.0 Å². The van der Waals surface area contributed by atoms with Crippen LogP contribution in [0.1, 0.15) is 0 Å². The molecule has 0 bridgehead atoms. The van der Waals surface area contributed by atoms with Crippen LogP contribution in [-0.2, 0) is 0 Å². The first kappa shape index (κ1) is 13.5. The van der Waals surface area contributed by atoms with Crippen LogP contribution in [0.25, 0.3) is 0 Å². The molecular formula is C10H18N4S2. The third-order valence-electron chi connectivity index (χ3n) is 2.50. The molecule has 6 heteroatoms. The second-order valence-corrected chi connectivity index (χ2v) is 3.91. The molecule has 1 aromatic heterocycles. The van der Waals surface area contributed by atoms with E-state index >= 15 is 0 Å². The molecule has 0 N–H and O–H groups in total. The van der Waals surface area contributed by atoms with Crippen LogP contribution in [0.2, 0.25) is 0 Å². The third kappa shape index (κ3) is 3.47. The van der Waals surface area contributed by atoms with Crippen LogP contribution in [0.3, 0.4) is 0 Å². The predicted octanol–water partition coefficient (Wildman–Crippen LogP) is 0.809. The lowest BCUT2D eigenvalue weighted by Crippen LogP contribution is -2.48. The van der Waals surface area contributed by atoms with E-state index in [0.29, 0.717) is 0 Å². The topological polar surface area (TPSA) is 24.3 Å². The van der Waals surface area contributed by atoms with Crippen molar-refractivity contribution in [3.8, 4) is 0 Å². The van der Waals surface area contributed by atoms with Crippen LogP contribution < -0.4 is 0 Å². The fourth-order valence-corrected chi connectivity index (χ4v) is 1.82. The lowest BCUT2D eigenvalue weighted by atomic mass is 10.3. The Balaban J connectivity index is 0.000000606. The molecule has 2 rings (SSSR count). The first-order chi connectivity index (χ1) is 7.77. The van der Waals surface area contributed by atoms with Crippen molar-refractivity contribution in [1.29, 1.82) is 0 Å². The van der Waals surface area contributed by atoms with Gasteiger partial charge in [-0.25, -0.2) is 4.98 Å². The minimum atomic E-state index is 0.857. The number of likely N-dealkylation sites (N-methyl/N-ethyl adjacent to an activating group) is 1. The smallest absolute Gasteiger partial charge is 0.181 e. The van der Waals surface area contributed by atoms with E-state index in [1.165, 1.54) is 0 Å². The average Bonchev–Trinajstić information content (AvgIpc) is 2.85. The molecule has 0 radical (unpaired) electrons. The number of aromatic nitrogens is 2. The molecule has 16 heavy (non-hydrogen) atoms. The molecule has 4 nitrogen and oxygen atoms in total. The molecular weight excluding hydrogens is 240 g/mol. The molecule has 1 aliphatic heterocycles. The van der Waals surface area contributed by atoms with E-state index in [1.807, 2.05) is 10.8 Å². The van der Waals surface area contributed by atoms with Crippen LogP contribution in [0.15, 0.2) is 18.7 Å². The molecule has 0 spiro atoms. The molecule has 0 saturated carbocycles. The van der Waals surface area contributed by atoms with Gasteiger partial charge in [0.15, 0.2) is 5.11 Å². The largest absolute Gasteiger partial charge is 0.346 e. The number of piperazine rings is 1. The summed E-state index contributed by atoms with van der Waals surface area (Å²) < 4.78 is 1.89. The Bertz CT molecular complexity index is 305. The molecule has 1 aliphatic rings.